The maximum Gasteiger partial charge on any atom is 0.0211 e. The number of benzene rings is 1. The van der Waals surface area contributed by atoms with E-state index >= 15 is 0 Å². The Hall–Kier alpha value is -1.02. The smallest absolute Gasteiger partial charge is 0.0211 e. The van der Waals surface area contributed by atoms with Crippen molar-refractivity contribution in [3.05, 3.63) is 33.4 Å². The van der Waals surface area contributed by atoms with Gasteiger partial charge in [-0.1, -0.05) is 20.8 Å². The number of rotatable bonds is 15. The van der Waals surface area contributed by atoms with Gasteiger partial charge in [-0.3, -0.25) is 0 Å². The zero-order valence-corrected chi connectivity index (χ0v) is 17.7. The second kappa shape index (κ2) is 14.0. The van der Waals surface area contributed by atoms with Crippen molar-refractivity contribution in [3.8, 4) is 0 Å². The number of hydrogen-bond acceptors (Lipinski definition) is 6. The van der Waals surface area contributed by atoms with Crippen LogP contribution in [0.25, 0.3) is 0 Å². The Balaban J connectivity index is 3.45. The molecule has 0 heterocycles. The molecule has 1 aromatic carbocycles. The third-order valence-corrected chi connectivity index (χ3v) is 5.11. The van der Waals surface area contributed by atoms with E-state index in [0.717, 1.165) is 58.5 Å². The summed E-state index contributed by atoms with van der Waals surface area (Å²) in [5.74, 6) is 0. The molecule has 1 rings (SSSR count). The van der Waals surface area contributed by atoms with Gasteiger partial charge < -0.3 is 33.2 Å². The highest BCUT2D eigenvalue weighted by Crippen LogP contribution is 2.30. The Morgan fingerprint density at radius 1 is 0.481 bits per heavy atom. The van der Waals surface area contributed by atoms with Gasteiger partial charge >= 0.3 is 0 Å². The third kappa shape index (κ3) is 6.82. The van der Waals surface area contributed by atoms with E-state index in [1.165, 1.54) is 33.4 Å². The Bertz CT molecular complexity index is 447. The van der Waals surface area contributed by atoms with Crippen LogP contribution in [0, 0.1) is 0 Å². The van der Waals surface area contributed by atoms with E-state index in [9.17, 15) is 0 Å². The van der Waals surface area contributed by atoms with Gasteiger partial charge in [-0.15, -0.1) is 0 Å². The predicted octanol–water partition coefficient (Wildman–Crippen LogP) is 0.519. The standard InChI is InChI=1S/C21H42N6/c1-4-16-19(13-25-10-7-22)17(5-2)21(15-27-12-9-24)18(6-3)20(16)14-26-11-8-23/h25-27H,4-15,22-24H2,1-3H3. The Kier molecular flexibility index (Phi) is 12.5. The first-order valence-corrected chi connectivity index (χ1v) is 10.6. The first kappa shape index (κ1) is 24.0. The monoisotopic (exact) mass is 378 g/mol. The SMILES string of the molecule is CCc1c(CNCCN)c(CC)c(CNCCN)c(CC)c1CNCCN. The molecule has 0 bridgehead atoms. The molecule has 0 aliphatic rings. The molecule has 0 radical (unpaired) electrons. The molecule has 0 unspecified atom stereocenters. The highest BCUT2D eigenvalue weighted by atomic mass is 14.9. The number of nitrogens with one attached hydrogen (secondary N) is 3. The van der Waals surface area contributed by atoms with Crippen LogP contribution >= 0.6 is 0 Å². The van der Waals surface area contributed by atoms with Crippen molar-refractivity contribution in [2.24, 2.45) is 17.2 Å². The first-order chi connectivity index (χ1) is 13.2. The van der Waals surface area contributed by atoms with Crippen molar-refractivity contribution in [3.63, 3.8) is 0 Å². The Morgan fingerprint density at radius 3 is 0.926 bits per heavy atom. The lowest BCUT2D eigenvalue weighted by Crippen LogP contribution is -2.28. The topological polar surface area (TPSA) is 114 Å². The zero-order chi connectivity index (χ0) is 20.1. The molecule has 0 aliphatic carbocycles. The Labute approximate surface area is 166 Å². The molecular weight excluding hydrogens is 336 g/mol. The summed E-state index contributed by atoms with van der Waals surface area (Å²) < 4.78 is 0. The molecule has 6 nitrogen and oxygen atoms in total. The van der Waals surface area contributed by atoms with Crippen LogP contribution in [0.4, 0.5) is 0 Å². The summed E-state index contributed by atoms with van der Waals surface area (Å²) >= 11 is 0. The lowest BCUT2D eigenvalue weighted by Gasteiger charge is -2.27. The molecule has 27 heavy (non-hydrogen) atoms. The van der Waals surface area contributed by atoms with E-state index < -0.39 is 0 Å². The summed E-state index contributed by atoms with van der Waals surface area (Å²) in [7, 11) is 0. The molecule has 1 aromatic rings. The van der Waals surface area contributed by atoms with Gasteiger partial charge in [0.1, 0.15) is 0 Å². The van der Waals surface area contributed by atoms with Crippen molar-refractivity contribution in [2.45, 2.75) is 59.7 Å². The van der Waals surface area contributed by atoms with Gasteiger partial charge in [0.05, 0.1) is 0 Å². The molecule has 0 aliphatic heterocycles. The average molecular weight is 379 g/mol. The zero-order valence-electron chi connectivity index (χ0n) is 17.7. The maximum absolute atomic E-state index is 5.70. The minimum atomic E-state index is 0.659. The van der Waals surface area contributed by atoms with Crippen molar-refractivity contribution >= 4 is 0 Å². The second-order valence-corrected chi connectivity index (χ2v) is 6.83. The van der Waals surface area contributed by atoms with Crippen molar-refractivity contribution in [1.29, 1.82) is 0 Å². The molecule has 0 amide bonds. The first-order valence-electron chi connectivity index (χ1n) is 10.6. The molecule has 0 saturated heterocycles. The van der Waals surface area contributed by atoms with Crippen LogP contribution in [-0.2, 0) is 38.9 Å². The predicted molar refractivity (Wildman–Crippen MR) is 117 cm³/mol. The van der Waals surface area contributed by atoms with Crippen LogP contribution in [0.15, 0.2) is 0 Å². The molecular formula is C21H42N6. The van der Waals surface area contributed by atoms with Crippen LogP contribution in [0.5, 0.6) is 0 Å². The van der Waals surface area contributed by atoms with Gasteiger partial charge in [-0.2, -0.15) is 0 Å². The van der Waals surface area contributed by atoms with Crippen molar-refractivity contribution < 1.29 is 0 Å². The molecule has 156 valence electrons. The quantitative estimate of drug-likeness (QED) is 0.248. The molecule has 6 heteroatoms. The second-order valence-electron chi connectivity index (χ2n) is 6.83. The van der Waals surface area contributed by atoms with Gasteiger partial charge in [0.2, 0.25) is 0 Å². The highest BCUT2D eigenvalue weighted by Gasteiger charge is 2.20. The van der Waals surface area contributed by atoms with Crippen LogP contribution in [-0.4, -0.2) is 39.3 Å². The summed E-state index contributed by atoms with van der Waals surface area (Å²) in [5, 5.41) is 10.6. The van der Waals surface area contributed by atoms with E-state index in [1.807, 2.05) is 0 Å². The number of hydrogen-bond donors (Lipinski definition) is 6. The number of nitrogens with two attached hydrogens (primary N) is 3. The largest absolute Gasteiger partial charge is 0.329 e. The van der Waals surface area contributed by atoms with Crippen LogP contribution in [0.3, 0.4) is 0 Å². The molecule has 0 aromatic heterocycles. The van der Waals surface area contributed by atoms with E-state index in [-0.39, 0.29) is 0 Å². The van der Waals surface area contributed by atoms with Gasteiger partial charge in [-0.25, -0.2) is 0 Å². The minimum Gasteiger partial charge on any atom is -0.329 e. The molecule has 0 fully saturated rings. The summed E-state index contributed by atoms with van der Waals surface area (Å²) in [4.78, 5) is 0. The summed E-state index contributed by atoms with van der Waals surface area (Å²) in [5.41, 5.74) is 25.9. The van der Waals surface area contributed by atoms with Crippen molar-refractivity contribution in [2.75, 3.05) is 39.3 Å². The molecule has 0 saturated carbocycles. The highest BCUT2D eigenvalue weighted by molar-refractivity contribution is 5.52. The van der Waals surface area contributed by atoms with Crippen LogP contribution in [0.2, 0.25) is 0 Å². The molecule has 9 N–H and O–H groups in total. The average Bonchev–Trinajstić information content (AvgIpc) is 2.68. The van der Waals surface area contributed by atoms with Gasteiger partial charge in [0, 0.05) is 58.9 Å². The summed E-state index contributed by atoms with van der Waals surface area (Å²) in [6.07, 6.45) is 3.11. The van der Waals surface area contributed by atoms with E-state index in [1.54, 1.807) is 0 Å². The van der Waals surface area contributed by atoms with Crippen LogP contribution in [0.1, 0.15) is 54.2 Å². The lowest BCUT2D eigenvalue weighted by molar-refractivity contribution is 0.649. The van der Waals surface area contributed by atoms with Gasteiger partial charge in [-0.05, 0) is 52.6 Å². The molecule has 0 spiro atoms. The van der Waals surface area contributed by atoms with Gasteiger partial charge in [0.15, 0.2) is 0 Å². The summed E-state index contributed by atoms with van der Waals surface area (Å²) in [6.45, 7) is 13.9. The normalized spacial score (nSPS) is 11.3. The third-order valence-electron chi connectivity index (χ3n) is 5.11. The lowest BCUT2D eigenvalue weighted by atomic mass is 9.83. The van der Waals surface area contributed by atoms with E-state index in [0.29, 0.717) is 19.6 Å². The fourth-order valence-corrected chi connectivity index (χ4v) is 3.96. The van der Waals surface area contributed by atoms with E-state index in [4.69, 9.17) is 17.2 Å². The van der Waals surface area contributed by atoms with E-state index in [2.05, 4.69) is 36.7 Å². The fraction of sp³-hybridized carbons (Fsp3) is 0.714. The molecule has 0 atom stereocenters. The maximum atomic E-state index is 5.70. The fourth-order valence-electron chi connectivity index (χ4n) is 3.96. The minimum absolute atomic E-state index is 0.659. The Morgan fingerprint density at radius 2 is 0.741 bits per heavy atom. The summed E-state index contributed by atoms with van der Waals surface area (Å²) in [6, 6.07) is 0. The van der Waals surface area contributed by atoms with Crippen molar-refractivity contribution in [1.82, 2.24) is 16.0 Å². The van der Waals surface area contributed by atoms with Gasteiger partial charge in [0.25, 0.3) is 0 Å². The van der Waals surface area contributed by atoms with Crippen LogP contribution < -0.4 is 33.2 Å².